The van der Waals surface area contributed by atoms with E-state index in [-0.39, 0.29) is 23.6 Å². The van der Waals surface area contributed by atoms with Gasteiger partial charge in [-0.15, -0.1) is 0 Å². The predicted octanol–water partition coefficient (Wildman–Crippen LogP) is 5.88. The zero-order valence-electron chi connectivity index (χ0n) is 17.1. The molecule has 180 valence electrons. The summed E-state index contributed by atoms with van der Waals surface area (Å²) in [6, 6.07) is 10.7. The molecule has 0 saturated carbocycles. The average molecular weight is 486 g/mol. The number of amides is 2. The normalized spacial score (nSPS) is 11.8. The van der Waals surface area contributed by atoms with Crippen LogP contribution in [0.1, 0.15) is 32.0 Å². The molecular weight excluding hydrogens is 470 g/mol. The maximum absolute atomic E-state index is 13.6. The number of hydrogen-bond donors (Lipinski definition) is 2. The molecule has 1 aromatic heterocycles. The standard InChI is InChI=1S/C22H16F6N2O4/c23-21(24,25)12-33-11-13-3-5-14(6-4-13)19(31)30-17-8-7-15(10-16(17)22(26,27)28)29-20(32)18-2-1-9-34-18/h1-10H,11-12H2,(H,29,32)(H,30,31). The molecule has 0 fully saturated rings. The van der Waals surface area contributed by atoms with Crippen molar-refractivity contribution in [3.05, 3.63) is 83.3 Å². The molecule has 0 aliphatic carbocycles. The van der Waals surface area contributed by atoms with E-state index < -0.39 is 42.0 Å². The highest BCUT2D eigenvalue weighted by Crippen LogP contribution is 2.37. The van der Waals surface area contributed by atoms with Crippen molar-refractivity contribution >= 4 is 23.2 Å². The zero-order chi connectivity index (χ0) is 24.9. The number of rotatable bonds is 7. The van der Waals surface area contributed by atoms with Gasteiger partial charge in [0, 0.05) is 11.3 Å². The Balaban J connectivity index is 1.71. The van der Waals surface area contributed by atoms with Crippen molar-refractivity contribution < 1.29 is 45.1 Å². The summed E-state index contributed by atoms with van der Waals surface area (Å²) in [5, 5.41) is 4.43. The van der Waals surface area contributed by atoms with Gasteiger partial charge in [0.15, 0.2) is 5.76 Å². The Bertz CT molecular complexity index is 1140. The lowest BCUT2D eigenvalue weighted by atomic mass is 10.1. The highest BCUT2D eigenvalue weighted by atomic mass is 19.4. The first kappa shape index (κ1) is 24.8. The molecule has 0 unspecified atom stereocenters. The molecule has 1 heterocycles. The molecule has 3 rings (SSSR count). The summed E-state index contributed by atoms with van der Waals surface area (Å²) in [4.78, 5) is 24.4. The predicted molar refractivity (Wildman–Crippen MR) is 108 cm³/mol. The van der Waals surface area contributed by atoms with Gasteiger partial charge in [-0.25, -0.2) is 0 Å². The molecule has 0 atom stereocenters. The molecule has 0 radical (unpaired) electrons. The van der Waals surface area contributed by atoms with Crippen LogP contribution >= 0.6 is 0 Å². The van der Waals surface area contributed by atoms with E-state index >= 15 is 0 Å². The summed E-state index contributed by atoms with van der Waals surface area (Å²) in [6.07, 6.45) is -8.10. The van der Waals surface area contributed by atoms with Gasteiger partial charge in [0.25, 0.3) is 11.8 Å². The Kier molecular flexibility index (Phi) is 7.30. The van der Waals surface area contributed by atoms with E-state index in [1.807, 2.05) is 0 Å². The maximum Gasteiger partial charge on any atom is 0.418 e. The quantitative estimate of drug-likeness (QED) is 0.409. The molecule has 2 N–H and O–H groups in total. The molecule has 0 aliphatic rings. The summed E-state index contributed by atoms with van der Waals surface area (Å²) < 4.78 is 86.5. The van der Waals surface area contributed by atoms with Gasteiger partial charge < -0.3 is 19.8 Å². The first-order chi connectivity index (χ1) is 15.9. The summed E-state index contributed by atoms with van der Waals surface area (Å²) >= 11 is 0. The number of carbonyl (C=O) groups is 2. The number of ether oxygens (including phenoxy) is 1. The summed E-state index contributed by atoms with van der Waals surface area (Å²) in [6.45, 7) is -1.79. The Morgan fingerprint density at radius 1 is 0.882 bits per heavy atom. The van der Waals surface area contributed by atoms with Crippen LogP contribution in [0.2, 0.25) is 0 Å². The Morgan fingerprint density at radius 2 is 1.59 bits per heavy atom. The lowest BCUT2D eigenvalue weighted by Gasteiger charge is -2.16. The van der Waals surface area contributed by atoms with Gasteiger partial charge in [-0.1, -0.05) is 12.1 Å². The van der Waals surface area contributed by atoms with Crippen LogP contribution in [0.25, 0.3) is 0 Å². The van der Waals surface area contributed by atoms with Gasteiger partial charge in [0.05, 0.1) is 24.1 Å². The van der Waals surface area contributed by atoms with Gasteiger partial charge >= 0.3 is 12.4 Å². The van der Waals surface area contributed by atoms with E-state index in [1.54, 1.807) is 0 Å². The summed E-state index contributed by atoms with van der Waals surface area (Å²) in [5.41, 5.74) is -1.60. The number of furan rings is 1. The number of halogens is 6. The molecule has 3 aromatic rings. The van der Waals surface area contributed by atoms with E-state index in [0.717, 1.165) is 6.07 Å². The molecule has 2 aromatic carbocycles. The Morgan fingerprint density at radius 3 is 2.18 bits per heavy atom. The average Bonchev–Trinajstić information content (AvgIpc) is 3.29. The van der Waals surface area contributed by atoms with E-state index in [0.29, 0.717) is 11.6 Å². The smallest absolute Gasteiger partial charge is 0.418 e. The number of anilines is 2. The fourth-order valence-electron chi connectivity index (χ4n) is 2.80. The highest BCUT2D eigenvalue weighted by molar-refractivity contribution is 6.05. The molecular formula is C22H16F6N2O4. The van der Waals surface area contributed by atoms with E-state index in [4.69, 9.17) is 4.42 Å². The van der Waals surface area contributed by atoms with Gasteiger partial charge in [-0.05, 0) is 48.0 Å². The minimum atomic E-state index is -4.85. The lowest BCUT2D eigenvalue weighted by molar-refractivity contribution is -0.176. The first-order valence-corrected chi connectivity index (χ1v) is 9.53. The molecule has 6 nitrogen and oxygen atoms in total. The van der Waals surface area contributed by atoms with Gasteiger partial charge in [0.1, 0.15) is 6.61 Å². The van der Waals surface area contributed by atoms with Crippen LogP contribution in [0.3, 0.4) is 0 Å². The number of benzene rings is 2. The largest absolute Gasteiger partial charge is 0.459 e. The molecule has 0 spiro atoms. The van der Waals surface area contributed by atoms with E-state index in [9.17, 15) is 35.9 Å². The fraction of sp³-hybridized carbons (Fsp3) is 0.182. The van der Waals surface area contributed by atoms with Crippen LogP contribution in [0.15, 0.2) is 65.3 Å². The topological polar surface area (TPSA) is 80.6 Å². The van der Waals surface area contributed by atoms with Gasteiger partial charge in [-0.2, -0.15) is 26.3 Å². The second kappa shape index (κ2) is 10.00. The van der Waals surface area contributed by atoms with Crippen molar-refractivity contribution in [2.24, 2.45) is 0 Å². The molecule has 34 heavy (non-hydrogen) atoms. The second-order valence-corrected chi connectivity index (χ2v) is 6.95. The third kappa shape index (κ3) is 6.85. The molecule has 0 saturated heterocycles. The van der Waals surface area contributed by atoms with Crippen molar-refractivity contribution in [3.8, 4) is 0 Å². The van der Waals surface area contributed by atoms with Crippen molar-refractivity contribution in [1.29, 1.82) is 0 Å². The highest BCUT2D eigenvalue weighted by Gasteiger charge is 2.34. The third-order valence-corrected chi connectivity index (χ3v) is 4.33. The van der Waals surface area contributed by atoms with Crippen LogP contribution in [0, 0.1) is 0 Å². The first-order valence-electron chi connectivity index (χ1n) is 9.53. The molecule has 12 heteroatoms. The van der Waals surface area contributed by atoms with E-state index in [1.165, 1.54) is 48.7 Å². The Hall–Kier alpha value is -3.80. The van der Waals surface area contributed by atoms with Crippen molar-refractivity contribution in [2.45, 2.75) is 19.0 Å². The van der Waals surface area contributed by atoms with Crippen LogP contribution in [0.4, 0.5) is 37.7 Å². The third-order valence-electron chi connectivity index (χ3n) is 4.33. The number of nitrogens with one attached hydrogen (secondary N) is 2. The molecule has 0 bridgehead atoms. The number of hydrogen-bond acceptors (Lipinski definition) is 4. The molecule has 2 amide bonds. The van der Waals surface area contributed by atoms with Crippen molar-refractivity contribution in [3.63, 3.8) is 0 Å². The minimum absolute atomic E-state index is 0.0251. The summed E-state index contributed by atoms with van der Waals surface area (Å²) in [7, 11) is 0. The monoisotopic (exact) mass is 486 g/mol. The van der Waals surface area contributed by atoms with Crippen molar-refractivity contribution in [2.75, 3.05) is 17.2 Å². The van der Waals surface area contributed by atoms with Gasteiger partial charge in [0.2, 0.25) is 0 Å². The summed E-state index contributed by atoms with van der Waals surface area (Å²) in [5.74, 6) is -1.73. The SMILES string of the molecule is O=C(Nc1ccc(NC(=O)c2ccco2)cc1C(F)(F)F)c1ccc(COCC(F)(F)F)cc1. The molecule has 0 aliphatic heterocycles. The minimum Gasteiger partial charge on any atom is -0.459 e. The number of carbonyl (C=O) groups excluding carboxylic acids is 2. The van der Waals surface area contributed by atoms with Crippen LogP contribution < -0.4 is 10.6 Å². The fourth-order valence-corrected chi connectivity index (χ4v) is 2.80. The van der Waals surface area contributed by atoms with Crippen LogP contribution in [0.5, 0.6) is 0 Å². The number of alkyl halides is 6. The Labute approximate surface area is 188 Å². The second-order valence-electron chi connectivity index (χ2n) is 6.95. The lowest BCUT2D eigenvalue weighted by Crippen LogP contribution is -2.18. The zero-order valence-corrected chi connectivity index (χ0v) is 17.1. The maximum atomic E-state index is 13.6. The van der Waals surface area contributed by atoms with Crippen molar-refractivity contribution in [1.82, 2.24) is 0 Å². The van der Waals surface area contributed by atoms with E-state index in [2.05, 4.69) is 15.4 Å². The van der Waals surface area contributed by atoms with Crippen LogP contribution in [-0.4, -0.2) is 24.6 Å². The van der Waals surface area contributed by atoms with Gasteiger partial charge in [-0.3, -0.25) is 9.59 Å². The van der Waals surface area contributed by atoms with Crippen LogP contribution in [-0.2, 0) is 17.5 Å².